The lowest BCUT2D eigenvalue weighted by Gasteiger charge is -2.33. The van der Waals surface area contributed by atoms with Crippen LogP contribution in [-0.4, -0.2) is 48.6 Å². The van der Waals surface area contributed by atoms with Gasteiger partial charge in [0, 0.05) is 37.2 Å². The number of rotatable bonds is 5. The van der Waals surface area contributed by atoms with Crippen molar-refractivity contribution in [3.05, 3.63) is 12.2 Å². The van der Waals surface area contributed by atoms with E-state index in [2.05, 4.69) is 42.4 Å². The average Bonchev–Trinajstić information content (AvgIpc) is 2.18. The summed E-state index contributed by atoms with van der Waals surface area (Å²) in [4.78, 5) is 2.54. The van der Waals surface area contributed by atoms with Crippen molar-refractivity contribution >= 4 is 11.8 Å². The van der Waals surface area contributed by atoms with Crippen molar-refractivity contribution in [3.63, 3.8) is 0 Å². The van der Waals surface area contributed by atoms with Crippen LogP contribution in [0.5, 0.6) is 0 Å². The molecule has 0 aliphatic carbocycles. The van der Waals surface area contributed by atoms with Crippen LogP contribution in [0.3, 0.4) is 0 Å². The highest BCUT2D eigenvalue weighted by Crippen LogP contribution is 2.16. The summed E-state index contributed by atoms with van der Waals surface area (Å²) in [6.45, 7) is 12.8. The van der Waals surface area contributed by atoms with Crippen molar-refractivity contribution in [1.82, 2.24) is 10.2 Å². The van der Waals surface area contributed by atoms with Crippen LogP contribution in [-0.2, 0) is 0 Å². The largest absolute Gasteiger partial charge is 0.313 e. The Bertz CT molecular complexity index is 182. The summed E-state index contributed by atoms with van der Waals surface area (Å²) in [6.07, 6.45) is 0. The van der Waals surface area contributed by atoms with Crippen molar-refractivity contribution in [2.24, 2.45) is 0 Å². The summed E-state index contributed by atoms with van der Waals surface area (Å²) in [6, 6.07) is 0.715. The molecule has 1 saturated heterocycles. The fraction of sp³-hybridized carbons (Fsp3) is 0.818. The standard InChI is InChI=1S/C11H22N2S/c1-4-12-7-10(2)8-13-5-6-14-9-11(13)3/h11-12H,2,4-9H2,1,3H3. The van der Waals surface area contributed by atoms with Gasteiger partial charge in [-0.3, -0.25) is 4.90 Å². The normalized spacial score (nSPS) is 23.7. The SMILES string of the molecule is C=C(CNCC)CN1CCSCC1C. The van der Waals surface area contributed by atoms with Crippen molar-refractivity contribution in [2.75, 3.05) is 37.7 Å². The van der Waals surface area contributed by atoms with Crippen LogP contribution in [0.1, 0.15) is 13.8 Å². The predicted molar refractivity (Wildman–Crippen MR) is 66.0 cm³/mol. The number of nitrogens with zero attached hydrogens (tertiary/aromatic N) is 1. The fourth-order valence-corrected chi connectivity index (χ4v) is 2.72. The summed E-state index contributed by atoms with van der Waals surface area (Å²) in [5, 5.41) is 3.32. The van der Waals surface area contributed by atoms with Crippen LogP contribution < -0.4 is 5.32 Å². The van der Waals surface area contributed by atoms with E-state index in [4.69, 9.17) is 0 Å². The van der Waals surface area contributed by atoms with Gasteiger partial charge in [-0.25, -0.2) is 0 Å². The minimum atomic E-state index is 0.715. The monoisotopic (exact) mass is 214 g/mol. The van der Waals surface area contributed by atoms with Gasteiger partial charge in [0.25, 0.3) is 0 Å². The van der Waals surface area contributed by atoms with Gasteiger partial charge in [-0.1, -0.05) is 13.5 Å². The average molecular weight is 214 g/mol. The van der Waals surface area contributed by atoms with E-state index in [0.717, 1.165) is 19.6 Å². The first-order valence-corrected chi connectivity index (χ1v) is 6.58. The van der Waals surface area contributed by atoms with Gasteiger partial charge < -0.3 is 5.32 Å². The number of hydrogen-bond donors (Lipinski definition) is 1. The van der Waals surface area contributed by atoms with E-state index in [0.29, 0.717) is 6.04 Å². The zero-order chi connectivity index (χ0) is 10.4. The van der Waals surface area contributed by atoms with Gasteiger partial charge >= 0.3 is 0 Å². The topological polar surface area (TPSA) is 15.3 Å². The van der Waals surface area contributed by atoms with E-state index >= 15 is 0 Å². The van der Waals surface area contributed by atoms with Crippen LogP contribution >= 0.6 is 11.8 Å². The highest BCUT2D eigenvalue weighted by atomic mass is 32.2. The molecule has 1 aliphatic heterocycles. The van der Waals surface area contributed by atoms with Crippen molar-refractivity contribution in [1.29, 1.82) is 0 Å². The Balaban J connectivity index is 2.23. The lowest BCUT2D eigenvalue weighted by atomic mass is 10.2. The third-order valence-corrected chi connectivity index (χ3v) is 3.75. The van der Waals surface area contributed by atoms with Gasteiger partial charge in [0.05, 0.1) is 0 Å². The fourth-order valence-electron chi connectivity index (χ4n) is 1.64. The maximum Gasteiger partial charge on any atom is 0.0206 e. The molecule has 2 nitrogen and oxygen atoms in total. The number of hydrogen-bond acceptors (Lipinski definition) is 3. The van der Waals surface area contributed by atoms with Crippen LogP contribution in [0.15, 0.2) is 12.2 Å². The molecule has 0 aromatic heterocycles. The molecule has 0 aromatic carbocycles. The zero-order valence-electron chi connectivity index (χ0n) is 9.38. The molecule has 0 aromatic rings. The molecule has 1 atom stereocenters. The summed E-state index contributed by atoms with van der Waals surface area (Å²) in [5.74, 6) is 2.55. The molecule has 0 spiro atoms. The Labute approximate surface area is 92.1 Å². The molecule has 1 unspecified atom stereocenters. The quantitative estimate of drug-likeness (QED) is 0.700. The maximum atomic E-state index is 4.11. The molecular formula is C11H22N2S. The van der Waals surface area contributed by atoms with Crippen LogP contribution in [0.2, 0.25) is 0 Å². The Kier molecular flexibility index (Phi) is 5.60. The molecule has 0 saturated carbocycles. The van der Waals surface area contributed by atoms with Gasteiger partial charge in [-0.15, -0.1) is 0 Å². The zero-order valence-corrected chi connectivity index (χ0v) is 10.2. The minimum absolute atomic E-state index is 0.715. The summed E-state index contributed by atoms with van der Waals surface area (Å²) in [7, 11) is 0. The molecule has 0 amide bonds. The molecule has 3 heteroatoms. The van der Waals surface area contributed by atoms with Crippen LogP contribution in [0.25, 0.3) is 0 Å². The molecule has 0 radical (unpaired) electrons. The van der Waals surface area contributed by atoms with E-state index < -0.39 is 0 Å². The molecule has 1 fully saturated rings. The number of thioether (sulfide) groups is 1. The Hall–Kier alpha value is 0.0100. The highest BCUT2D eigenvalue weighted by Gasteiger charge is 2.18. The molecule has 0 bridgehead atoms. The highest BCUT2D eigenvalue weighted by molar-refractivity contribution is 7.99. The first kappa shape index (κ1) is 12.1. The predicted octanol–water partition coefficient (Wildman–Crippen LogP) is 1.59. The van der Waals surface area contributed by atoms with Gasteiger partial charge in [0.15, 0.2) is 0 Å². The van der Waals surface area contributed by atoms with Gasteiger partial charge in [-0.2, -0.15) is 11.8 Å². The lowest BCUT2D eigenvalue weighted by Crippen LogP contribution is -2.42. The number of nitrogens with one attached hydrogen (secondary N) is 1. The molecule has 82 valence electrons. The van der Waals surface area contributed by atoms with E-state index in [1.807, 2.05) is 0 Å². The Morgan fingerprint density at radius 1 is 1.64 bits per heavy atom. The minimum Gasteiger partial charge on any atom is -0.313 e. The summed E-state index contributed by atoms with van der Waals surface area (Å²) >= 11 is 2.06. The summed E-state index contributed by atoms with van der Waals surface area (Å²) in [5.41, 5.74) is 1.31. The van der Waals surface area contributed by atoms with E-state index in [1.165, 1.54) is 23.6 Å². The first-order valence-electron chi connectivity index (χ1n) is 5.43. The number of likely N-dealkylation sites (N-methyl/N-ethyl adjacent to an activating group) is 1. The molecule has 1 N–H and O–H groups in total. The van der Waals surface area contributed by atoms with E-state index in [9.17, 15) is 0 Å². The Morgan fingerprint density at radius 3 is 3.07 bits per heavy atom. The van der Waals surface area contributed by atoms with E-state index in [1.54, 1.807) is 0 Å². The van der Waals surface area contributed by atoms with Crippen LogP contribution in [0, 0.1) is 0 Å². The maximum absolute atomic E-state index is 4.11. The second-order valence-electron chi connectivity index (χ2n) is 3.92. The molecule has 14 heavy (non-hydrogen) atoms. The third-order valence-electron chi connectivity index (χ3n) is 2.56. The Morgan fingerprint density at radius 2 is 2.43 bits per heavy atom. The smallest absolute Gasteiger partial charge is 0.0206 e. The molecule has 1 rings (SSSR count). The second kappa shape index (κ2) is 6.49. The lowest BCUT2D eigenvalue weighted by molar-refractivity contribution is 0.251. The van der Waals surface area contributed by atoms with E-state index in [-0.39, 0.29) is 0 Å². The molecular weight excluding hydrogens is 192 g/mol. The summed E-state index contributed by atoms with van der Waals surface area (Å²) < 4.78 is 0. The van der Waals surface area contributed by atoms with Crippen molar-refractivity contribution < 1.29 is 0 Å². The van der Waals surface area contributed by atoms with Gasteiger partial charge in [0.2, 0.25) is 0 Å². The second-order valence-corrected chi connectivity index (χ2v) is 5.07. The van der Waals surface area contributed by atoms with Crippen LogP contribution in [0.4, 0.5) is 0 Å². The third kappa shape index (κ3) is 4.03. The van der Waals surface area contributed by atoms with Gasteiger partial charge in [0.1, 0.15) is 0 Å². The van der Waals surface area contributed by atoms with Crippen molar-refractivity contribution in [3.8, 4) is 0 Å². The van der Waals surface area contributed by atoms with Gasteiger partial charge in [-0.05, 0) is 19.0 Å². The van der Waals surface area contributed by atoms with Crippen molar-refractivity contribution in [2.45, 2.75) is 19.9 Å². The molecule has 1 aliphatic rings. The molecule has 1 heterocycles. The first-order chi connectivity index (χ1) is 6.74.